The van der Waals surface area contributed by atoms with Crippen LogP contribution < -0.4 is 0 Å². The van der Waals surface area contributed by atoms with E-state index >= 15 is 0 Å². The minimum Gasteiger partial charge on any atom is -0.354 e. The normalized spacial score (nSPS) is 10.9. The Morgan fingerprint density at radius 3 is 2.73 bits per heavy atom. The maximum absolute atomic E-state index is 11.7. The van der Waals surface area contributed by atoms with E-state index in [1.807, 2.05) is 26.0 Å². The van der Waals surface area contributed by atoms with Crippen molar-refractivity contribution in [2.75, 3.05) is 0 Å². The van der Waals surface area contributed by atoms with E-state index in [1.54, 1.807) is 12.1 Å². The molecule has 6 heteroatoms. The maximum atomic E-state index is 11.7. The molecular formula is C16H14ClN3O2. The minimum absolute atomic E-state index is 0.00656. The summed E-state index contributed by atoms with van der Waals surface area (Å²) in [5.74, 6) is 0.809. The molecule has 0 saturated carbocycles. The van der Waals surface area contributed by atoms with Gasteiger partial charge in [-0.25, -0.2) is 0 Å². The Labute approximate surface area is 132 Å². The number of Topliss-reactive ketones (excluding diaryl/α,β-unsaturated/α-hetero) is 1. The number of aromatic nitrogens is 3. The molecule has 0 aliphatic heterocycles. The highest BCUT2D eigenvalue weighted by molar-refractivity contribution is 6.30. The summed E-state index contributed by atoms with van der Waals surface area (Å²) in [6.45, 7) is 5.25. The third-order valence-corrected chi connectivity index (χ3v) is 3.75. The number of benzene rings is 1. The number of nitrogens with one attached hydrogen (secondary N) is 1. The Hall–Kier alpha value is -2.40. The number of ketones is 1. The third-order valence-electron chi connectivity index (χ3n) is 3.51. The predicted octanol–water partition coefficient (Wildman–Crippen LogP) is 4.20. The summed E-state index contributed by atoms with van der Waals surface area (Å²) in [6, 6.07) is 7.23. The molecule has 0 saturated heterocycles. The number of carbonyl (C=O) groups is 1. The number of aromatic amines is 1. The fraction of sp³-hybridized carbons (Fsp3) is 0.188. The van der Waals surface area contributed by atoms with Gasteiger partial charge >= 0.3 is 0 Å². The Morgan fingerprint density at radius 2 is 2.09 bits per heavy atom. The van der Waals surface area contributed by atoms with Crippen LogP contribution in [0.25, 0.3) is 23.0 Å². The van der Waals surface area contributed by atoms with Crippen LogP contribution in [0.5, 0.6) is 0 Å². The summed E-state index contributed by atoms with van der Waals surface area (Å²) in [7, 11) is 0. The van der Waals surface area contributed by atoms with Crippen LogP contribution in [0.2, 0.25) is 5.02 Å². The number of halogens is 1. The van der Waals surface area contributed by atoms with Gasteiger partial charge in [-0.15, -0.1) is 0 Å². The lowest BCUT2D eigenvalue weighted by atomic mass is 10.1. The number of H-pyrrole nitrogens is 1. The second-order valence-electron chi connectivity index (χ2n) is 5.11. The van der Waals surface area contributed by atoms with Gasteiger partial charge in [0.25, 0.3) is 5.89 Å². The summed E-state index contributed by atoms with van der Waals surface area (Å²) < 4.78 is 5.33. The molecular weight excluding hydrogens is 302 g/mol. The van der Waals surface area contributed by atoms with Crippen LogP contribution >= 0.6 is 11.6 Å². The second kappa shape index (κ2) is 5.42. The van der Waals surface area contributed by atoms with Crippen molar-refractivity contribution in [1.82, 2.24) is 15.1 Å². The molecule has 0 amide bonds. The van der Waals surface area contributed by atoms with Gasteiger partial charge in [-0.1, -0.05) is 28.9 Å². The van der Waals surface area contributed by atoms with Crippen LogP contribution in [0.15, 0.2) is 28.8 Å². The lowest BCUT2D eigenvalue weighted by molar-refractivity contribution is 0.101. The van der Waals surface area contributed by atoms with E-state index < -0.39 is 0 Å². The van der Waals surface area contributed by atoms with Crippen LogP contribution in [-0.2, 0) is 0 Å². The van der Waals surface area contributed by atoms with Crippen LogP contribution in [0.3, 0.4) is 0 Å². The molecule has 112 valence electrons. The molecule has 2 heterocycles. The van der Waals surface area contributed by atoms with Gasteiger partial charge in [-0.3, -0.25) is 4.79 Å². The van der Waals surface area contributed by atoms with E-state index in [4.69, 9.17) is 16.1 Å². The first-order chi connectivity index (χ1) is 10.5. The number of hydrogen-bond donors (Lipinski definition) is 1. The van der Waals surface area contributed by atoms with Gasteiger partial charge < -0.3 is 9.51 Å². The molecule has 0 aliphatic rings. The van der Waals surface area contributed by atoms with Gasteiger partial charge in [0.1, 0.15) is 5.69 Å². The van der Waals surface area contributed by atoms with Crippen molar-refractivity contribution in [3.63, 3.8) is 0 Å². The second-order valence-corrected chi connectivity index (χ2v) is 5.55. The standard InChI is InChI=1S/C16H14ClN3O2/c1-8-13(10(3)21)9(2)18-14(8)16-19-15(20-22-16)11-5-4-6-12(17)7-11/h4-7,18H,1-3H3. The topological polar surface area (TPSA) is 71.8 Å². The first-order valence-corrected chi connectivity index (χ1v) is 7.15. The van der Waals surface area contributed by atoms with Crippen molar-refractivity contribution in [3.05, 3.63) is 46.1 Å². The van der Waals surface area contributed by atoms with Gasteiger partial charge in [0.2, 0.25) is 5.82 Å². The zero-order chi connectivity index (χ0) is 15.9. The summed E-state index contributed by atoms with van der Waals surface area (Å²) in [6.07, 6.45) is 0. The van der Waals surface area contributed by atoms with Crippen molar-refractivity contribution in [3.8, 4) is 23.0 Å². The Kier molecular flexibility index (Phi) is 3.58. The summed E-state index contributed by atoms with van der Waals surface area (Å²) in [5, 5.41) is 4.59. The molecule has 0 atom stereocenters. The highest BCUT2D eigenvalue weighted by atomic mass is 35.5. The molecule has 2 aromatic heterocycles. The molecule has 1 aromatic carbocycles. The van der Waals surface area contributed by atoms with Crippen LogP contribution in [0.1, 0.15) is 28.5 Å². The lowest BCUT2D eigenvalue weighted by Gasteiger charge is -1.95. The molecule has 3 rings (SSSR count). The van der Waals surface area contributed by atoms with Crippen LogP contribution in [0, 0.1) is 13.8 Å². The number of aryl methyl sites for hydroxylation is 1. The van der Waals surface area contributed by atoms with Crippen molar-refractivity contribution in [2.45, 2.75) is 20.8 Å². The molecule has 3 aromatic rings. The molecule has 0 aliphatic carbocycles. The van der Waals surface area contributed by atoms with Crippen molar-refractivity contribution in [1.29, 1.82) is 0 Å². The van der Waals surface area contributed by atoms with E-state index in [-0.39, 0.29) is 5.78 Å². The third kappa shape index (κ3) is 2.44. The van der Waals surface area contributed by atoms with Crippen molar-refractivity contribution in [2.24, 2.45) is 0 Å². The fourth-order valence-electron chi connectivity index (χ4n) is 2.56. The smallest absolute Gasteiger partial charge is 0.274 e. The monoisotopic (exact) mass is 315 g/mol. The average Bonchev–Trinajstić information content (AvgIpc) is 3.03. The molecule has 0 spiro atoms. The molecule has 0 unspecified atom stereocenters. The van der Waals surface area contributed by atoms with Gasteiger partial charge in [0, 0.05) is 21.8 Å². The van der Waals surface area contributed by atoms with E-state index in [1.165, 1.54) is 6.92 Å². The van der Waals surface area contributed by atoms with Crippen LogP contribution in [-0.4, -0.2) is 20.9 Å². The van der Waals surface area contributed by atoms with E-state index in [0.29, 0.717) is 28.0 Å². The fourth-order valence-corrected chi connectivity index (χ4v) is 2.75. The first kappa shape index (κ1) is 14.5. The number of rotatable bonds is 3. The zero-order valence-electron chi connectivity index (χ0n) is 12.4. The summed E-state index contributed by atoms with van der Waals surface area (Å²) >= 11 is 5.97. The maximum Gasteiger partial charge on any atom is 0.274 e. The van der Waals surface area contributed by atoms with Gasteiger partial charge in [0.15, 0.2) is 5.78 Å². The largest absolute Gasteiger partial charge is 0.354 e. The van der Waals surface area contributed by atoms with Crippen LogP contribution in [0.4, 0.5) is 0 Å². The predicted molar refractivity (Wildman–Crippen MR) is 84.0 cm³/mol. The van der Waals surface area contributed by atoms with Crippen molar-refractivity contribution < 1.29 is 9.32 Å². The summed E-state index contributed by atoms with van der Waals surface area (Å²) in [5.41, 5.74) is 3.71. The van der Waals surface area contributed by atoms with Crippen molar-refractivity contribution >= 4 is 17.4 Å². The zero-order valence-corrected chi connectivity index (χ0v) is 13.2. The Morgan fingerprint density at radius 1 is 1.32 bits per heavy atom. The van der Waals surface area contributed by atoms with E-state index in [2.05, 4.69) is 15.1 Å². The molecule has 5 nitrogen and oxygen atoms in total. The molecule has 1 N–H and O–H groups in total. The Balaban J connectivity index is 2.05. The van der Waals surface area contributed by atoms with E-state index in [9.17, 15) is 4.79 Å². The summed E-state index contributed by atoms with van der Waals surface area (Å²) in [4.78, 5) is 19.2. The highest BCUT2D eigenvalue weighted by Gasteiger charge is 2.20. The average molecular weight is 316 g/mol. The molecule has 0 fully saturated rings. The molecule has 0 bridgehead atoms. The minimum atomic E-state index is 0.00656. The molecule has 0 radical (unpaired) electrons. The number of carbonyl (C=O) groups excluding carboxylic acids is 1. The van der Waals surface area contributed by atoms with Gasteiger partial charge in [-0.2, -0.15) is 4.98 Å². The van der Waals surface area contributed by atoms with E-state index in [0.717, 1.165) is 16.8 Å². The molecule has 22 heavy (non-hydrogen) atoms. The first-order valence-electron chi connectivity index (χ1n) is 6.77. The number of nitrogens with zero attached hydrogens (tertiary/aromatic N) is 2. The van der Waals surface area contributed by atoms with Gasteiger partial charge in [0.05, 0.1) is 0 Å². The number of hydrogen-bond acceptors (Lipinski definition) is 4. The lowest BCUT2D eigenvalue weighted by Crippen LogP contribution is -1.94. The quantitative estimate of drug-likeness (QED) is 0.735. The van der Waals surface area contributed by atoms with Gasteiger partial charge in [-0.05, 0) is 38.5 Å². The Bertz CT molecular complexity index is 864. The SMILES string of the molecule is CC(=O)c1c(C)[nH]c(-c2nc(-c3cccc(Cl)c3)no2)c1C. The highest BCUT2D eigenvalue weighted by Crippen LogP contribution is 2.28.